The molecule has 116 valence electrons. The molecule has 0 aromatic heterocycles. The van der Waals surface area contributed by atoms with Crippen LogP contribution in [0.15, 0.2) is 27.6 Å². The number of halogens is 1. The number of nitro benzene ring substituents is 1. The summed E-state index contributed by atoms with van der Waals surface area (Å²) in [7, 11) is -4.01. The second-order valence-electron chi connectivity index (χ2n) is 5.07. The average Bonchev–Trinajstić information content (AvgIpc) is 2.41. The molecule has 1 aromatic carbocycles. The maximum absolute atomic E-state index is 12.6. The molecule has 0 saturated carbocycles. The Kier molecular flexibility index (Phi) is 4.66. The van der Waals surface area contributed by atoms with Crippen molar-refractivity contribution in [1.29, 1.82) is 0 Å². The van der Waals surface area contributed by atoms with Crippen LogP contribution in [0, 0.1) is 16.0 Å². The molecule has 2 rings (SSSR count). The van der Waals surface area contributed by atoms with Gasteiger partial charge in [-0.1, -0.05) is 22.9 Å². The monoisotopic (exact) mass is 378 g/mol. The lowest BCUT2D eigenvalue weighted by Crippen LogP contribution is -2.45. The Morgan fingerprint density at radius 2 is 2.14 bits per heavy atom. The largest absolute Gasteiger partial charge is 0.391 e. The molecule has 1 aliphatic rings. The predicted molar refractivity (Wildman–Crippen MR) is 79.3 cm³/mol. The number of β-amino-alcohol motifs (C(OH)–C–C–N with tert-alkyl or cyclic N) is 1. The van der Waals surface area contributed by atoms with Crippen molar-refractivity contribution < 1.29 is 18.4 Å². The van der Waals surface area contributed by atoms with E-state index >= 15 is 0 Å². The minimum atomic E-state index is -4.01. The number of nitrogens with zero attached hydrogens (tertiary/aromatic N) is 2. The van der Waals surface area contributed by atoms with E-state index in [1.54, 1.807) is 0 Å². The van der Waals surface area contributed by atoms with E-state index in [2.05, 4.69) is 15.9 Å². The maximum Gasteiger partial charge on any atom is 0.289 e. The Morgan fingerprint density at radius 1 is 1.48 bits per heavy atom. The van der Waals surface area contributed by atoms with Gasteiger partial charge in [-0.25, -0.2) is 8.42 Å². The number of sulfonamides is 1. The van der Waals surface area contributed by atoms with Crippen molar-refractivity contribution in [2.75, 3.05) is 13.1 Å². The van der Waals surface area contributed by atoms with E-state index in [4.69, 9.17) is 0 Å². The van der Waals surface area contributed by atoms with Gasteiger partial charge in [0.2, 0.25) is 10.0 Å². The van der Waals surface area contributed by atoms with Crippen LogP contribution in [-0.4, -0.2) is 41.9 Å². The van der Waals surface area contributed by atoms with Gasteiger partial charge in [0.05, 0.1) is 11.0 Å². The van der Waals surface area contributed by atoms with Crippen LogP contribution < -0.4 is 0 Å². The van der Waals surface area contributed by atoms with E-state index in [9.17, 15) is 23.6 Å². The molecule has 1 heterocycles. The number of benzene rings is 1. The van der Waals surface area contributed by atoms with E-state index in [0.29, 0.717) is 10.9 Å². The molecule has 0 spiro atoms. The van der Waals surface area contributed by atoms with Crippen molar-refractivity contribution >= 4 is 31.6 Å². The molecule has 1 saturated heterocycles. The molecule has 0 amide bonds. The maximum atomic E-state index is 12.6. The molecule has 1 N–H and O–H groups in total. The standard InChI is InChI=1S/C12H15BrN2O5S/c1-8-4-5-14(7-11(8)16)21(19,20)12-6-9(13)2-3-10(12)15(17)18/h2-3,6,8,11,16H,4-5,7H2,1H3. The van der Waals surface area contributed by atoms with Gasteiger partial charge in [0.1, 0.15) is 0 Å². The zero-order chi connectivity index (χ0) is 15.8. The van der Waals surface area contributed by atoms with E-state index < -0.39 is 26.7 Å². The minimum absolute atomic E-state index is 0.00828. The first-order valence-electron chi connectivity index (χ1n) is 6.35. The molecule has 2 atom stereocenters. The minimum Gasteiger partial charge on any atom is -0.391 e. The van der Waals surface area contributed by atoms with Gasteiger partial charge in [-0.2, -0.15) is 4.31 Å². The van der Waals surface area contributed by atoms with Crippen LogP contribution in [0.1, 0.15) is 13.3 Å². The lowest BCUT2D eigenvalue weighted by molar-refractivity contribution is -0.387. The second-order valence-corrected chi connectivity index (χ2v) is 7.89. The lowest BCUT2D eigenvalue weighted by atomic mass is 9.98. The van der Waals surface area contributed by atoms with Crippen molar-refractivity contribution in [3.63, 3.8) is 0 Å². The third-order valence-corrected chi connectivity index (χ3v) is 6.01. The first kappa shape index (κ1) is 16.3. The van der Waals surface area contributed by atoms with Crippen molar-refractivity contribution in [1.82, 2.24) is 4.31 Å². The fraction of sp³-hybridized carbons (Fsp3) is 0.500. The SMILES string of the molecule is CC1CCN(S(=O)(=O)c2cc(Br)ccc2[N+](=O)[O-])CC1O. The highest BCUT2D eigenvalue weighted by Gasteiger charge is 2.36. The predicted octanol–water partition coefficient (Wildman–Crippen LogP) is 1.75. The molecule has 2 unspecified atom stereocenters. The van der Waals surface area contributed by atoms with E-state index in [1.165, 1.54) is 12.1 Å². The highest BCUT2D eigenvalue weighted by Crippen LogP contribution is 2.31. The molecule has 9 heteroatoms. The molecule has 1 aliphatic heterocycles. The highest BCUT2D eigenvalue weighted by atomic mass is 79.9. The Hall–Kier alpha value is -1.03. The second kappa shape index (κ2) is 5.99. The molecular formula is C12H15BrN2O5S. The summed E-state index contributed by atoms with van der Waals surface area (Å²) in [5.41, 5.74) is -0.466. The summed E-state index contributed by atoms with van der Waals surface area (Å²) in [6.07, 6.45) is -0.248. The average molecular weight is 379 g/mol. The third kappa shape index (κ3) is 3.25. The number of rotatable bonds is 3. The van der Waals surface area contributed by atoms with Crippen LogP contribution in [0.4, 0.5) is 5.69 Å². The molecule has 0 bridgehead atoms. The van der Waals surface area contributed by atoms with Crippen LogP contribution in [0.2, 0.25) is 0 Å². The number of piperidine rings is 1. The molecule has 0 aliphatic carbocycles. The van der Waals surface area contributed by atoms with Gasteiger partial charge in [0.25, 0.3) is 5.69 Å². The molecule has 7 nitrogen and oxygen atoms in total. The van der Waals surface area contributed by atoms with Crippen LogP contribution >= 0.6 is 15.9 Å². The number of aliphatic hydroxyl groups excluding tert-OH is 1. The molecule has 0 radical (unpaired) electrons. The number of nitro groups is 1. The van der Waals surface area contributed by atoms with Gasteiger partial charge in [-0.3, -0.25) is 10.1 Å². The van der Waals surface area contributed by atoms with Crippen LogP contribution in [0.3, 0.4) is 0 Å². The molecular weight excluding hydrogens is 364 g/mol. The summed E-state index contributed by atoms with van der Waals surface area (Å²) in [4.78, 5) is 9.96. The first-order chi connectivity index (χ1) is 9.73. The quantitative estimate of drug-likeness (QED) is 0.637. The summed E-state index contributed by atoms with van der Waals surface area (Å²) < 4.78 is 26.8. The Bertz CT molecular complexity index is 664. The Balaban J connectivity index is 2.45. The third-order valence-electron chi connectivity index (χ3n) is 3.62. The first-order valence-corrected chi connectivity index (χ1v) is 8.59. The van der Waals surface area contributed by atoms with Gasteiger partial charge >= 0.3 is 0 Å². The van der Waals surface area contributed by atoms with E-state index in [1.807, 2.05) is 6.92 Å². The smallest absolute Gasteiger partial charge is 0.289 e. The van der Waals surface area contributed by atoms with Gasteiger partial charge in [-0.15, -0.1) is 0 Å². The van der Waals surface area contributed by atoms with Crippen molar-refractivity contribution in [3.8, 4) is 0 Å². The van der Waals surface area contributed by atoms with Crippen molar-refractivity contribution in [3.05, 3.63) is 32.8 Å². The molecule has 21 heavy (non-hydrogen) atoms. The zero-order valence-electron chi connectivity index (χ0n) is 11.3. The van der Waals surface area contributed by atoms with Crippen molar-refractivity contribution in [2.45, 2.75) is 24.3 Å². The van der Waals surface area contributed by atoms with Crippen LogP contribution in [-0.2, 0) is 10.0 Å². The summed E-state index contributed by atoms with van der Waals surface area (Å²) in [5.74, 6) is 0.00828. The zero-order valence-corrected chi connectivity index (χ0v) is 13.7. The topological polar surface area (TPSA) is 101 Å². The summed E-state index contributed by atoms with van der Waals surface area (Å²) in [6, 6.07) is 3.79. The molecule has 1 fully saturated rings. The summed E-state index contributed by atoms with van der Waals surface area (Å²) in [5, 5.41) is 20.9. The van der Waals surface area contributed by atoms with Crippen LogP contribution in [0.5, 0.6) is 0 Å². The van der Waals surface area contributed by atoms with Crippen LogP contribution in [0.25, 0.3) is 0 Å². The Labute approximate surface area is 130 Å². The lowest BCUT2D eigenvalue weighted by Gasteiger charge is -2.33. The summed E-state index contributed by atoms with van der Waals surface area (Å²) in [6.45, 7) is 2.04. The van der Waals surface area contributed by atoms with Gasteiger partial charge in [0.15, 0.2) is 4.90 Å². The van der Waals surface area contributed by atoms with Gasteiger partial charge < -0.3 is 5.11 Å². The van der Waals surface area contributed by atoms with E-state index in [0.717, 1.165) is 10.4 Å². The number of hydrogen-bond acceptors (Lipinski definition) is 5. The van der Waals surface area contributed by atoms with Gasteiger partial charge in [0, 0.05) is 23.6 Å². The summed E-state index contributed by atoms with van der Waals surface area (Å²) >= 11 is 3.13. The van der Waals surface area contributed by atoms with Gasteiger partial charge in [-0.05, 0) is 24.5 Å². The fourth-order valence-corrected chi connectivity index (χ4v) is 4.39. The van der Waals surface area contributed by atoms with E-state index in [-0.39, 0.29) is 23.9 Å². The number of aliphatic hydroxyl groups is 1. The fourth-order valence-electron chi connectivity index (χ4n) is 2.22. The Morgan fingerprint density at radius 3 is 2.71 bits per heavy atom. The molecule has 1 aromatic rings. The highest BCUT2D eigenvalue weighted by molar-refractivity contribution is 9.10. The normalized spacial score (nSPS) is 24.0. The van der Waals surface area contributed by atoms with Crippen molar-refractivity contribution in [2.24, 2.45) is 5.92 Å². The number of hydrogen-bond donors (Lipinski definition) is 1.